The summed E-state index contributed by atoms with van der Waals surface area (Å²) >= 11 is 3.32. The van der Waals surface area contributed by atoms with Gasteiger partial charge in [-0.15, -0.1) is 0 Å². The predicted octanol–water partition coefficient (Wildman–Crippen LogP) is 3.10. The quantitative estimate of drug-likeness (QED) is 0.337. The topological polar surface area (TPSA) is 79.8 Å². The van der Waals surface area contributed by atoms with Crippen molar-refractivity contribution in [1.29, 1.82) is 0 Å². The monoisotopic (exact) mass is 401 g/mol. The minimum absolute atomic E-state index is 0.393. The summed E-state index contributed by atoms with van der Waals surface area (Å²) in [7, 11) is 0. The number of amides is 2. The minimum Gasteiger partial charge on any atom is -0.490 e. The number of rotatable bonds is 6. The summed E-state index contributed by atoms with van der Waals surface area (Å²) in [6.45, 7) is 3.95. The summed E-state index contributed by atoms with van der Waals surface area (Å²) in [4.78, 5) is 23.5. The second-order valence-electron chi connectivity index (χ2n) is 4.83. The lowest BCUT2D eigenvalue weighted by molar-refractivity contribution is -0.136. The highest BCUT2D eigenvalue weighted by atomic mass is 79.9. The fourth-order valence-corrected chi connectivity index (χ4v) is 2.01. The van der Waals surface area contributed by atoms with E-state index in [4.69, 9.17) is 4.74 Å². The number of benzene rings is 2. The van der Waals surface area contributed by atoms with E-state index in [2.05, 4.69) is 38.4 Å². The van der Waals surface area contributed by atoms with Crippen LogP contribution in [0.25, 0.3) is 0 Å². The predicted molar refractivity (Wildman–Crippen MR) is 101 cm³/mol. The van der Waals surface area contributed by atoms with Crippen molar-refractivity contribution >= 4 is 39.6 Å². The molecule has 0 atom stereocenters. The first-order chi connectivity index (χ1) is 12.1. The third-order valence-corrected chi connectivity index (χ3v) is 3.46. The summed E-state index contributed by atoms with van der Waals surface area (Å²) in [5.41, 5.74) is 3.44. The first kappa shape index (κ1) is 18.4. The summed E-state index contributed by atoms with van der Waals surface area (Å²) in [5, 5.41) is 6.23. The van der Waals surface area contributed by atoms with Crippen LogP contribution in [0.1, 0.15) is 5.56 Å². The van der Waals surface area contributed by atoms with Gasteiger partial charge in [-0.2, -0.15) is 5.10 Å². The van der Waals surface area contributed by atoms with E-state index in [1.165, 1.54) is 6.21 Å². The van der Waals surface area contributed by atoms with E-state index in [9.17, 15) is 9.59 Å². The van der Waals surface area contributed by atoms with Crippen LogP contribution in [0.2, 0.25) is 0 Å². The molecule has 6 nitrogen and oxygen atoms in total. The van der Waals surface area contributed by atoms with Gasteiger partial charge in [0.1, 0.15) is 12.4 Å². The maximum absolute atomic E-state index is 11.8. The van der Waals surface area contributed by atoms with Crippen LogP contribution in [0.3, 0.4) is 0 Å². The van der Waals surface area contributed by atoms with Crippen LogP contribution in [0, 0.1) is 0 Å². The molecule has 0 saturated heterocycles. The van der Waals surface area contributed by atoms with Crippen molar-refractivity contribution in [1.82, 2.24) is 5.43 Å². The van der Waals surface area contributed by atoms with E-state index < -0.39 is 11.8 Å². The van der Waals surface area contributed by atoms with Crippen molar-refractivity contribution in [3.05, 3.63) is 71.2 Å². The highest BCUT2D eigenvalue weighted by molar-refractivity contribution is 9.10. The number of carbonyl (C=O) groups excluding carboxylic acids is 2. The third kappa shape index (κ3) is 6.23. The van der Waals surface area contributed by atoms with Crippen molar-refractivity contribution in [2.24, 2.45) is 5.10 Å². The molecule has 2 aromatic carbocycles. The van der Waals surface area contributed by atoms with Gasteiger partial charge in [0, 0.05) is 10.2 Å². The Bertz CT molecular complexity index is 771. The number of nitrogens with zero attached hydrogens (tertiary/aromatic N) is 1. The van der Waals surface area contributed by atoms with Gasteiger partial charge in [-0.1, -0.05) is 40.7 Å². The lowest BCUT2D eigenvalue weighted by atomic mass is 10.2. The SMILES string of the molecule is C=CCOc1ccc(NC(=O)C(=O)N/N=C\c2ccc(Br)cc2)cc1. The van der Waals surface area contributed by atoms with Gasteiger partial charge in [-0.05, 0) is 42.0 Å². The summed E-state index contributed by atoms with van der Waals surface area (Å²) in [5.74, 6) is -1.03. The molecule has 0 fully saturated rings. The lowest BCUT2D eigenvalue weighted by Gasteiger charge is -2.06. The van der Waals surface area contributed by atoms with Crippen molar-refractivity contribution in [2.45, 2.75) is 0 Å². The average Bonchev–Trinajstić information content (AvgIpc) is 2.62. The molecule has 7 heteroatoms. The number of hydrogen-bond acceptors (Lipinski definition) is 4. The second kappa shape index (κ2) is 9.39. The molecule has 25 heavy (non-hydrogen) atoms. The molecule has 0 saturated carbocycles. The number of hydrogen-bond donors (Lipinski definition) is 2. The number of carbonyl (C=O) groups is 2. The van der Waals surface area contributed by atoms with Crippen LogP contribution < -0.4 is 15.5 Å². The zero-order valence-electron chi connectivity index (χ0n) is 13.2. The fourth-order valence-electron chi connectivity index (χ4n) is 1.74. The summed E-state index contributed by atoms with van der Waals surface area (Å²) in [6.07, 6.45) is 3.08. The summed E-state index contributed by atoms with van der Waals surface area (Å²) in [6, 6.07) is 14.0. The maximum atomic E-state index is 11.8. The second-order valence-corrected chi connectivity index (χ2v) is 5.74. The largest absolute Gasteiger partial charge is 0.490 e. The molecular formula is C18H16BrN3O3. The van der Waals surface area contributed by atoms with E-state index in [-0.39, 0.29) is 0 Å². The van der Waals surface area contributed by atoms with Crippen LogP contribution in [0.4, 0.5) is 5.69 Å². The van der Waals surface area contributed by atoms with Crippen molar-refractivity contribution < 1.29 is 14.3 Å². The van der Waals surface area contributed by atoms with Gasteiger partial charge in [0.25, 0.3) is 0 Å². The summed E-state index contributed by atoms with van der Waals surface area (Å²) < 4.78 is 6.27. The zero-order valence-corrected chi connectivity index (χ0v) is 14.8. The van der Waals surface area contributed by atoms with Crippen LogP contribution >= 0.6 is 15.9 Å². The Morgan fingerprint density at radius 2 is 1.76 bits per heavy atom. The molecule has 2 aromatic rings. The Kier molecular flexibility index (Phi) is 6.91. The van der Waals surface area contributed by atoms with Crippen molar-refractivity contribution in [3.8, 4) is 5.75 Å². The van der Waals surface area contributed by atoms with Crippen LogP contribution in [0.15, 0.2) is 70.8 Å². The number of ether oxygens (including phenoxy) is 1. The van der Waals surface area contributed by atoms with Crippen LogP contribution in [-0.4, -0.2) is 24.6 Å². The Morgan fingerprint density at radius 1 is 1.08 bits per heavy atom. The van der Waals surface area contributed by atoms with Gasteiger partial charge in [0.05, 0.1) is 6.21 Å². The Labute approximate surface area is 153 Å². The lowest BCUT2D eigenvalue weighted by Crippen LogP contribution is -2.32. The minimum atomic E-state index is -0.861. The van der Waals surface area contributed by atoms with Gasteiger partial charge in [-0.25, -0.2) is 5.43 Å². The average molecular weight is 402 g/mol. The van der Waals surface area contributed by atoms with Gasteiger partial charge in [0.15, 0.2) is 0 Å². The maximum Gasteiger partial charge on any atom is 0.329 e. The molecule has 0 aliphatic carbocycles. The van der Waals surface area contributed by atoms with Gasteiger partial charge in [0.2, 0.25) is 0 Å². The molecular weight excluding hydrogens is 386 g/mol. The zero-order chi connectivity index (χ0) is 18.1. The molecule has 0 unspecified atom stereocenters. The van der Waals surface area contributed by atoms with Gasteiger partial charge in [-0.3, -0.25) is 9.59 Å². The van der Waals surface area contributed by atoms with Crippen LogP contribution in [-0.2, 0) is 9.59 Å². The van der Waals surface area contributed by atoms with Crippen LogP contribution in [0.5, 0.6) is 5.75 Å². The Balaban J connectivity index is 1.84. The molecule has 0 radical (unpaired) electrons. The third-order valence-electron chi connectivity index (χ3n) is 2.94. The van der Waals surface area contributed by atoms with Gasteiger partial charge >= 0.3 is 11.8 Å². The van der Waals surface area contributed by atoms with E-state index >= 15 is 0 Å². The number of anilines is 1. The smallest absolute Gasteiger partial charge is 0.329 e. The van der Waals surface area contributed by atoms with E-state index in [0.29, 0.717) is 18.0 Å². The molecule has 0 aromatic heterocycles. The van der Waals surface area contributed by atoms with Crippen molar-refractivity contribution in [3.63, 3.8) is 0 Å². The molecule has 2 amide bonds. The highest BCUT2D eigenvalue weighted by Gasteiger charge is 2.12. The van der Waals surface area contributed by atoms with Gasteiger partial charge < -0.3 is 10.1 Å². The van der Waals surface area contributed by atoms with E-state index in [0.717, 1.165) is 10.0 Å². The van der Waals surface area contributed by atoms with E-state index in [1.54, 1.807) is 30.3 Å². The molecule has 0 aliphatic rings. The molecule has 2 rings (SSSR count). The molecule has 0 bridgehead atoms. The van der Waals surface area contributed by atoms with E-state index in [1.807, 2.05) is 24.3 Å². The molecule has 0 aliphatic heterocycles. The molecule has 128 valence electrons. The number of halogens is 1. The Morgan fingerprint density at radius 3 is 2.40 bits per heavy atom. The normalized spacial score (nSPS) is 10.3. The molecule has 2 N–H and O–H groups in total. The molecule has 0 heterocycles. The standard InChI is InChI=1S/C18H16BrN3O3/c1-2-11-25-16-9-7-15(8-10-16)21-17(23)18(24)22-20-12-13-3-5-14(19)6-4-13/h2-10,12H,1,11H2,(H,21,23)(H,22,24)/b20-12-. The molecule has 0 spiro atoms. The first-order valence-corrected chi connectivity index (χ1v) is 8.11. The first-order valence-electron chi connectivity index (χ1n) is 7.32. The number of nitrogens with one attached hydrogen (secondary N) is 2. The number of hydrazone groups is 1. The highest BCUT2D eigenvalue weighted by Crippen LogP contribution is 2.15. The van der Waals surface area contributed by atoms with Crippen molar-refractivity contribution in [2.75, 3.05) is 11.9 Å². The fraction of sp³-hybridized carbons (Fsp3) is 0.0556. The Hall–Kier alpha value is -2.93.